The lowest BCUT2D eigenvalue weighted by Gasteiger charge is -2.19. The van der Waals surface area contributed by atoms with Gasteiger partial charge in [0.1, 0.15) is 16.3 Å². The fourth-order valence-electron chi connectivity index (χ4n) is 3.01. The molecule has 1 aromatic rings. The first-order valence-corrected chi connectivity index (χ1v) is 10.2. The van der Waals surface area contributed by atoms with Crippen molar-refractivity contribution in [2.45, 2.75) is 71.0 Å². The Morgan fingerprint density at radius 2 is 1.96 bits per heavy atom. The Morgan fingerprint density at radius 1 is 1.25 bits per heavy atom. The number of carbonyl (C=O) groups is 2. The molecule has 0 saturated carbocycles. The molecule has 1 aromatic carbocycles. The number of fused-ring (bicyclic) bond motifs is 1. The van der Waals surface area contributed by atoms with E-state index in [1.807, 2.05) is 32.9 Å². The first-order chi connectivity index (χ1) is 13.2. The summed E-state index contributed by atoms with van der Waals surface area (Å²) in [6, 6.07) is 5.50. The third kappa shape index (κ3) is 7.11. The molecule has 0 radical (unpaired) electrons. The number of nitrogens with two attached hydrogens (primary N) is 1. The van der Waals surface area contributed by atoms with E-state index < -0.39 is 11.7 Å². The molecule has 154 valence electrons. The van der Waals surface area contributed by atoms with Crippen molar-refractivity contribution in [3.63, 3.8) is 0 Å². The van der Waals surface area contributed by atoms with Crippen LogP contribution in [0.2, 0.25) is 0 Å². The van der Waals surface area contributed by atoms with E-state index >= 15 is 0 Å². The fourth-order valence-corrected chi connectivity index (χ4v) is 3.14. The van der Waals surface area contributed by atoms with Crippen LogP contribution < -0.4 is 15.8 Å². The van der Waals surface area contributed by atoms with Gasteiger partial charge in [0.05, 0.1) is 0 Å². The van der Waals surface area contributed by atoms with Crippen molar-refractivity contribution < 1.29 is 19.1 Å². The van der Waals surface area contributed by atoms with E-state index in [1.54, 1.807) is 6.07 Å². The molecule has 2 rings (SSSR count). The van der Waals surface area contributed by atoms with Crippen molar-refractivity contribution in [1.29, 1.82) is 0 Å². The molecule has 0 saturated heterocycles. The number of thiocarbonyl (C=S) groups is 1. The van der Waals surface area contributed by atoms with E-state index in [9.17, 15) is 9.59 Å². The van der Waals surface area contributed by atoms with Crippen molar-refractivity contribution in [2.24, 2.45) is 5.73 Å². The average Bonchev–Trinajstić information content (AvgIpc) is 3.02. The molecule has 1 heterocycles. The minimum Gasteiger partial charge on any atom is -0.480 e. The summed E-state index contributed by atoms with van der Waals surface area (Å²) in [5.41, 5.74) is 6.95. The Balaban J connectivity index is 1.60. The normalized spacial score (nSPS) is 15.5. The topological polar surface area (TPSA) is 90.7 Å². The molecule has 1 aliphatic heterocycles. The quantitative estimate of drug-likeness (QED) is 0.372. The van der Waals surface area contributed by atoms with Crippen LogP contribution in [0.15, 0.2) is 18.2 Å². The number of nitrogens with one attached hydrogen (secondary N) is 1. The van der Waals surface area contributed by atoms with Gasteiger partial charge in [-0.2, -0.15) is 0 Å². The van der Waals surface area contributed by atoms with Gasteiger partial charge in [-0.3, -0.25) is 9.59 Å². The molecule has 3 N–H and O–H groups in total. The minimum atomic E-state index is -0.510. The number of benzene rings is 1. The molecule has 1 aliphatic rings. The molecule has 1 amide bonds. The van der Waals surface area contributed by atoms with Gasteiger partial charge in [-0.15, -0.1) is 0 Å². The SMILES string of the molecule is CC(C)(C)OC(=O)CCCCCCNC(=O)C1Cc2cc(C(N)=S)ccc2O1. The van der Waals surface area contributed by atoms with Crippen molar-refractivity contribution in [3.8, 4) is 5.75 Å². The standard InChI is InChI=1S/C21H30N2O4S/c1-21(2,3)27-18(24)8-6-4-5-7-11-23-20(25)17-13-15-12-14(19(22)28)9-10-16(15)26-17/h9-10,12,17H,4-8,11,13H2,1-3H3,(H2,22,28)(H,23,25). The smallest absolute Gasteiger partial charge is 0.306 e. The molecule has 0 aliphatic carbocycles. The highest BCUT2D eigenvalue weighted by molar-refractivity contribution is 7.80. The summed E-state index contributed by atoms with van der Waals surface area (Å²) in [6.07, 6.45) is 4.00. The number of rotatable bonds is 9. The van der Waals surface area contributed by atoms with Crippen LogP contribution in [0.4, 0.5) is 0 Å². The molecule has 0 spiro atoms. The molecule has 1 atom stereocenters. The second kappa shape index (κ2) is 9.87. The predicted molar refractivity (Wildman–Crippen MR) is 112 cm³/mol. The zero-order valence-corrected chi connectivity index (χ0v) is 17.7. The summed E-state index contributed by atoms with van der Waals surface area (Å²) in [7, 11) is 0. The van der Waals surface area contributed by atoms with Gasteiger partial charge in [-0.25, -0.2) is 0 Å². The summed E-state index contributed by atoms with van der Waals surface area (Å²) < 4.78 is 11.0. The molecule has 28 heavy (non-hydrogen) atoms. The lowest BCUT2D eigenvalue weighted by atomic mass is 10.1. The molecular formula is C21H30N2O4S. The van der Waals surface area contributed by atoms with Crippen molar-refractivity contribution in [1.82, 2.24) is 5.32 Å². The number of esters is 1. The highest BCUT2D eigenvalue weighted by Crippen LogP contribution is 2.29. The average molecular weight is 407 g/mol. The van der Waals surface area contributed by atoms with E-state index in [4.69, 9.17) is 27.4 Å². The fraction of sp³-hybridized carbons (Fsp3) is 0.571. The summed E-state index contributed by atoms with van der Waals surface area (Å²) in [5, 5.41) is 2.92. The number of carbonyl (C=O) groups excluding carboxylic acids is 2. The van der Waals surface area contributed by atoms with Gasteiger partial charge in [0, 0.05) is 24.9 Å². The zero-order valence-electron chi connectivity index (χ0n) is 16.9. The zero-order chi connectivity index (χ0) is 20.7. The van der Waals surface area contributed by atoms with E-state index in [0.717, 1.165) is 36.8 Å². The van der Waals surface area contributed by atoms with Gasteiger partial charge in [0.15, 0.2) is 6.10 Å². The van der Waals surface area contributed by atoms with Crippen molar-refractivity contribution >= 4 is 29.1 Å². The van der Waals surface area contributed by atoms with Crippen molar-refractivity contribution in [3.05, 3.63) is 29.3 Å². The van der Waals surface area contributed by atoms with Gasteiger partial charge < -0.3 is 20.5 Å². The van der Waals surface area contributed by atoms with Gasteiger partial charge in [0.25, 0.3) is 5.91 Å². The van der Waals surface area contributed by atoms with Crippen LogP contribution in [0, 0.1) is 0 Å². The number of amides is 1. The van der Waals surface area contributed by atoms with Crippen LogP contribution in [0.3, 0.4) is 0 Å². The molecule has 6 nitrogen and oxygen atoms in total. The highest BCUT2D eigenvalue weighted by atomic mass is 32.1. The largest absolute Gasteiger partial charge is 0.480 e. The molecule has 0 aromatic heterocycles. The van der Waals surface area contributed by atoms with Crippen LogP contribution in [-0.4, -0.2) is 35.1 Å². The number of ether oxygens (including phenoxy) is 2. The molecule has 7 heteroatoms. The first kappa shape index (κ1) is 22.1. The summed E-state index contributed by atoms with van der Waals surface area (Å²) in [4.78, 5) is 24.3. The summed E-state index contributed by atoms with van der Waals surface area (Å²) in [6.45, 7) is 6.20. The maximum atomic E-state index is 12.3. The van der Waals surface area contributed by atoms with Gasteiger partial charge in [-0.05, 0) is 57.4 Å². The number of hydrogen-bond acceptors (Lipinski definition) is 5. The molecule has 0 fully saturated rings. The maximum Gasteiger partial charge on any atom is 0.306 e. The van der Waals surface area contributed by atoms with Gasteiger partial charge in [-0.1, -0.05) is 25.1 Å². The van der Waals surface area contributed by atoms with E-state index in [0.29, 0.717) is 30.1 Å². The second-order valence-corrected chi connectivity index (χ2v) is 8.48. The lowest BCUT2D eigenvalue weighted by molar-refractivity contribution is -0.154. The Labute approximate surface area is 172 Å². The van der Waals surface area contributed by atoms with E-state index in [1.165, 1.54) is 0 Å². The second-order valence-electron chi connectivity index (χ2n) is 8.04. The lowest BCUT2D eigenvalue weighted by Crippen LogP contribution is -2.37. The number of hydrogen-bond donors (Lipinski definition) is 2. The number of unbranched alkanes of at least 4 members (excludes halogenated alkanes) is 3. The van der Waals surface area contributed by atoms with Crippen LogP contribution in [-0.2, 0) is 20.7 Å². The Kier molecular flexibility index (Phi) is 7.80. The van der Waals surface area contributed by atoms with Crippen molar-refractivity contribution in [2.75, 3.05) is 6.54 Å². The van der Waals surface area contributed by atoms with Gasteiger partial charge in [0.2, 0.25) is 0 Å². The Hall–Kier alpha value is -2.15. The minimum absolute atomic E-state index is 0.109. The maximum absolute atomic E-state index is 12.3. The van der Waals surface area contributed by atoms with Gasteiger partial charge >= 0.3 is 5.97 Å². The first-order valence-electron chi connectivity index (χ1n) is 9.74. The van der Waals surface area contributed by atoms with Crippen LogP contribution in [0.25, 0.3) is 0 Å². The summed E-state index contributed by atoms with van der Waals surface area (Å²) >= 11 is 4.98. The molecular weight excluding hydrogens is 376 g/mol. The third-order valence-electron chi connectivity index (χ3n) is 4.34. The Bertz CT molecular complexity index is 728. The summed E-state index contributed by atoms with van der Waals surface area (Å²) in [5.74, 6) is 0.446. The monoisotopic (exact) mass is 406 g/mol. The van der Waals surface area contributed by atoms with E-state index in [-0.39, 0.29) is 11.9 Å². The van der Waals surface area contributed by atoms with Crippen LogP contribution in [0.5, 0.6) is 5.75 Å². The predicted octanol–water partition coefficient (Wildman–Crippen LogP) is 3.03. The Morgan fingerprint density at radius 3 is 2.64 bits per heavy atom. The highest BCUT2D eigenvalue weighted by Gasteiger charge is 2.29. The van der Waals surface area contributed by atoms with Crippen LogP contribution >= 0.6 is 12.2 Å². The third-order valence-corrected chi connectivity index (χ3v) is 4.57. The molecule has 1 unspecified atom stereocenters. The molecule has 0 bridgehead atoms. The van der Waals surface area contributed by atoms with Crippen LogP contribution in [0.1, 0.15) is 64.0 Å². The van der Waals surface area contributed by atoms with E-state index in [2.05, 4.69) is 5.32 Å².